The van der Waals surface area contributed by atoms with Gasteiger partial charge < -0.3 is 10.4 Å². The number of aromatic hydroxyl groups is 1. The van der Waals surface area contributed by atoms with Crippen LogP contribution in [0.5, 0.6) is 5.75 Å². The highest BCUT2D eigenvalue weighted by atomic mass is 16.3. The molecule has 1 saturated carbocycles. The monoisotopic (exact) mass is 247 g/mol. The van der Waals surface area contributed by atoms with Crippen LogP contribution in [0, 0.1) is 12.3 Å². The van der Waals surface area contributed by atoms with E-state index in [-0.39, 0.29) is 17.1 Å². The molecule has 1 amide bonds. The minimum atomic E-state index is -0.0498. The molecule has 1 aliphatic rings. The van der Waals surface area contributed by atoms with E-state index in [0.717, 1.165) is 12.1 Å². The van der Waals surface area contributed by atoms with E-state index < -0.39 is 0 Å². The van der Waals surface area contributed by atoms with Crippen LogP contribution in [-0.4, -0.2) is 17.6 Å². The maximum Gasteiger partial charge on any atom is 0.251 e. The summed E-state index contributed by atoms with van der Waals surface area (Å²) in [6.07, 6.45) is 4.93. The van der Waals surface area contributed by atoms with Gasteiger partial charge in [-0.1, -0.05) is 19.8 Å². The molecule has 1 aromatic rings. The average molecular weight is 247 g/mol. The largest absolute Gasteiger partial charge is 0.508 e. The zero-order valence-electron chi connectivity index (χ0n) is 11.1. The van der Waals surface area contributed by atoms with Gasteiger partial charge in [-0.05, 0) is 48.9 Å². The number of rotatable bonds is 3. The van der Waals surface area contributed by atoms with E-state index in [9.17, 15) is 9.90 Å². The summed E-state index contributed by atoms with van der Waals surface area (Å²) in [5.74, 6) is 0.181. The SMILES string of the molecule is Cc1cc(C(=O)NCC2(C)CCCC2)ccc1O. The Morgan fingerprint density at radius 1 is 1.39 bits per heavy atom. The van der Waals surface area contributed by atoms with Crippen molar-refractivity contribution in [2.75, 3.05) is 6.54 Å². The van der Waals surface area contributed by atoms with Gasteiger partial charge in [0.15, 0.2) is 0 Å². The Hall–Kier alpha value is -1.51. The van der Waals surface area contributed by atoms with Crippen molar-refractivity contribution in [1.29, 1.82) is 0 Å². The van der Waals surface area contributed by atoms with E-state index in [2.05, 4.69) is 12.2 Å². The minimum Gasteiger partial charge on any atom is -0.508 e. The van der Waals surface area contributed by atoms with Crippen LogP contribution in [0.2, 0.25) is 0 Å². The zero-order chi connectivity index (χ0) is 13.2. The molecule has 0 spiro atoms. The Morgan fingerprint density at radius 3 is 2.67 bits per heavy atom. The van der Waals surface area contributed by atoms with Crippen molar-refractivity contribution in [2.24, 2.45) is 5.41 Å². The number of hydrogen-bond donors (Lipinski definition) is 2. The summed E-state index contributed by atoms with van der Waals surface area (Å²) in [7, 11) is 0. The Balaban J connectivity index is 1.97. The summed E-state index contributed by atoms with van der Waals surface area (Å²) in [4.78, 5) is 12.0. The fraction of sp³-hybridized carbons (Fsp3) is 0.533. The van der Waals surface area contributed by atoms with Gasteiger partial charge in [0.25, 0.3) is 5.91 Å². The second kappa shape index (κ2) is 5.01. The van der Waals surface area contributed by atoms with E-state index in [1.165, 1.54) is 25.7 Å². The fourth-order valence-corrected chi connectivity index (χ4v) is 2.60. The maximum atomic E-state index is 12.0. The van der Waals surface area contributed by atoms with Crippen molar-refractivity contribution in [2.45, 2.75) is 39.5 Å². The van der Waals surface area contributed by atoms with Crippen molar-refractivity contribution >= 4 is 5.91 Å². The first-order valence-electron chi connectivity index (χ1n) is 6.58. The van der Waals surface area contributed by atoms with Crippen LogP contribution in [0.1, 0.15) is 48.5 Å². The molecule has 2 rings (SSSR count). The van der Waals surface area contributed by atoms with Gasteiger partial charge >= 0.3 is 0 Å². The van der Waals surface area contributed by atoms with Crippen LogP contribution in [0.3, 0.4) is 0 Å². The molecule has 18 heavy (non-hydrogen) atoms. The van der Waals surface area contributed by atoms with Gasteiger partial charge in [-0.2, -0.15) is 0 Å². The standard InChI is InChI=1S/C15H21NO2/c1-11-9-12(5-6-13(11)17)14(18)16-10-15(2)7-3-4-8-15/h5-6,9,17H,3-4,7-8,10H2,1-2H3,(H,16,18). The van der Waals surface area contributed by atoms with E-state index in [0.29, 0.717) is 5.56 Å². The second-order valence-corrected chi connectivity index (χ2v) is 5.70. The lowest BCUT2D eigenvalue weighted by atomic mass is 9.89. The highest BCUT2D eigenvalue weighted by molar-refractivity contribution is 5.94. The molecule has 0 radical (unpaired) electrons. The molecule has 0 saturated heterocycles. The van der Waals surface area contributed by atoms with Crippen LogP contribution in [0.25, 0.3) is 0 Å². The second-order valence-electron chi connectivity index (χ2n) is 5.70. The van der Waals surface area contributed by atoms with Gasteiger partial charge in [-0.25, -0.2) is 0 Å². The molecular formula is C15H21NO2. The number of hydrogen-bond acceptors (Lipinski definition) is 2. The summed E-state index contributed by atoms with van der Waals surface area (Å²) in [5.41, 5.74) is 1.61. The van der Waals surface area contributed by atoms with Gasteiger partial charge in [0.1, 0.15) is 5.75 Å². The molecule has 0 aliphatic heterocycles. The first kappa shape index (κ1) is 12.9. The van der Waals surface area contributed by atoms with E-state index in [1.807, 2.05) is 0 Å². The molecule has 1 aliphatic carbocycles. The molecule has 0 heterocycles. The van der Waals surface area contributed by atoms with Crippen LogP contribution < -0.4 is 5.32 Å². The van der Waals surface area contributed by atoms with Crippen LogP contribution >= 0.6 is 0 Å². The van der Waals surface area contributed by atoms with Gasteiger partial charge in [-0.3, -0.25) is 4.79 Å². The molecule has 1 fully saturated rings. The van der Waals surface area contributed by atoms with Gasteiger partial charge in [0, 0.05) is 12.1 Å². The Bertz CT molecular complexity index is 448. The van der Waals surface area contributed by atoms with Crippen molar-refractivity contribution in [3.63, 3.8) is 0 Å². The number of phenols is 1. The molecule has 98 valence electrons. The van der Waals surface area contributed by atoms with Gasteiger partial charge in [-0.15, -0.1) is 0 Å². The molecule has 3 nitrogen and oxygen atoms in total. The topological polar surface area (TPSA) is 49.3 Å². The summed E-state index contributed by atoms with van der Waals surface area (Å²) in [6.45, 7) is 4.78. The van der Waals surface area contributed by atoms with Crippen molar-refractivity contribution < 1.29 is 9.90 Å². The normalized spacial score (nSPS) is 17.7. The molecule has 0 unspecified atom stereocenters. The van der Waals surface area contributed by atoms with Gasteiger partial charge in [0.05, 0.1) is 0 Å². The molecule has 3 heteroatoms. The van der Waals surface area contributed by atoms with E-state index >= 15 is 0 Å². The molecule has 1 aromatic carbocycles. The smallest absolute Gasteiger partial charge is 0.251 e. The van der Waals surface area contributed by atoms with Crippen LogP contribution in [0.4, 0.5) is 0 Å². The summed E-state index contributed by atoms with van der Waals surface area (Å²) < 4.78 is 0. The first-order chi connectivity index (χ1) is 8.50. The Kier molecular flexibility index (Phi) is 3.60. The number of aryl methyl sites for hydroxylation is 1. The third-order valence-electron chi connectivity index (χ3n) is 3.95. The summed E-state index contributed by atoms with van der Waals surface area (Å²) >= 11 is 0. The van der Waals surface area contributed by atoms with Crippen molar-refractivity contribution in [3.05, 3.63) is 29.3 Å². The van der Waals surface area contributed by atoms with Gasteiger partial charge in [0.2, 0.25) is 0 Å². The number of carbonyl (C=O) groups excluding carboxylic acids is 1. The lowest BCUT2D eigenvalue weighted by molar-refractivity contribution is 0.0934. The fourth-order valence-electron chi connectivity index (χ4n) is 2.60. The molecular weight excluding hydrogens is 226 g/mol. The highest BCUT2D eigenvalue weighted by Crippen LogP contribution is 2.36. The quantitative estimate of drug-likeness (QED) is 0.862. The lowest BCUT2D eigenvalue weighted by Crippen LogP contribution is -2.34. The Labute approximate surface area is 108 Å². The first-order valence-corrected chi connectivity index (χ1v) is 6.58. The van der Waals surface area contributed by atoms with Crippen molar-refractivity contribution in [1.82, 2.24) is 5.32 Å². The molecule has 0 atom stereocenters. The number of nitrogens with one attached hydrogen (secondary N) is 1. The predicted molar refractivity (Wildman–Crippen MR) is 71.8 cm³/mol. The van der Waals surface area contributed by atoms with E-state index in [4.69, 9.17) is 0 Å². The average Bonchev–Trinajstić information content (AvgIpc) is 2.77. The highest BCUT2D eigenvalue weighted by Gasteiger charge is 2.28. The third kappa shape index (κ3) is 2.84. The lowest BCUT2D eigenvalue weighted by Gasteiger charge is -2.23. The van der Waals surface area contributed by atoms with E-state index in [1.54, 1.807) is 25.1 Å². The number of phenolic OH excluding ortho intramolecular Hbond substituents is 1. The maximum absolute atomic E-state index is 12.0. The number of carbonyl (C=O) groups is 1. The Morgan fingerprint density at radius 2 is 2.06 bits per heavy atom. The predicted octanol–water partition coefficient (Wildman–Crippen LogP) is 3.01. The zero-order valence-corrected chi connectivity index (χ0v) is 11.1. The molecule has 2 N–H and O–H groups in total. The number of amides is 1. The van der Waals surface area contributed by atoms with Crippen LogP contribution in [0.15, 0.2) is 18.2 Å². The number of benzene rings is 1. The van der Waals surface area contributed by atoms with Crippen LogP contribution in [-0.2, 0) is 0 Å². The molecule has 0 bridgehead atoms. The summed E-state index contributed by atoms with van der Waals surface area (Å²) in [5, 5.41) is 12.4. The minimum absolute atomic E-state index is 0.0498. The molecule has 0 aromatic heterocycles. The van der Waals surface area contributed by atoms with Crippen molar-refractivity contribution in [3.8, 4) is 5.75 Å². The third-order valence-corrected chi connectivity index (χ3v) is 3.95. The summed E-state index contributed by atoms with van der Waals surface area (Å²) in [6, 6.07) is 4.96.